The molecule has 0 aromatic heterocycles. The van der Waals surface area contributed by atoms with E-state index in [1.54, 1.807) is 60.2 Å². The molecule has 0 bridgehead atoms. The van der Waals surface area contributed by atoms with Crippen molar-refractivity contribution in [2.45, 2.75) is 46.8 Å². The summed E-state index contributed by atoms with van der Waals surface area (Å²) in [5.74, 6) is 0.118. The van der Waals surface area contributed by atoms with Crippen molar-refractivity contribution in [3.8, 4) is 0 Å². The Morgan fingerprint density at radius 2 is 1.67 bits per heavy atom. The van der Waals surface area contributed by atoms with Crippen LogP contribution in [0.1, 0.15) is 46.2 Å². The van der Waals surface area contributed by atoms with Gasteiger partial charge < -0.3 is 19.9 Å². The summed E-state index contributed by atoms with van der Waals surface area (Å²) in [5, 5.41) is 7.01. The number of allylic oxidation sites excluding steroid dienone is 2. The van der Waals surface area contributed by atoms with Gasteiger partial charge in [0.25, 0.3) is 5.91 Å². The lowest BCUT2D eigenvalue weighted by Gasteiger charge is -2.44. The summed E-state index contributed by atoms with van der Waals surface area (Å²) in [6.45, 7) is 15.5. The Bertz CT molecular complexity index is 1420. The maximum Gasteiger partial charge on any atom is 0.433 e. The number of fused-ring (bicyclic) bond motifs is 1. The number of nitrogens with zero attached hydrogens (tertiary/aromatic N) is 4. The minimum atomic E-state index is -0.719. The number of carbonyl (C=O) groups excluding carboxylic acids is 2. The third kappa shape index (κ3) is 6.22. The van der Waals surface area contributed by atoms with E-state index in [1.165, 1.54) is 17.1 Å². The molecule has 2 aromatic carbocycles. The Hall–Kier alpha value is -3.69. The van der Waals surface area contributed by atoms with E-state index in [0.717, 1.165) is 5.69 Å². The number of hydrogen-bond acceptors (Lipinski definition) is 6. The van der Waals surface area contributed by atoms with Gasteiger partial charge >= 0.3 is 6.09 Å². The zero-order valence-electron chi connectivity index (χ0n) is 24.5. The molecule has 0 aliphatic carbocycles. The van der Waals surface area contributed by atoms with E-state index in [1.807, 2.05) is 20.8 Å². The van der Waals surface area contributed by atoms with Crippen LogP contribution in [0, 0.1) is 5.82 Å². The molecule has 1 fully saturated rings. The van der Waals surface area contributed by atoms with Gasteiger partial charge in [0, 0.05) is 43.6 Å². The van der Waals surface area contributed by atoms with Crippen LogP contribution in [0.4, 0.5) is 14.9 Å². The monoisotopic (exact) mass is 615 g/mol. The molecule has 1 saturated heterocycles. The summed E-state index contributed by atoms with van der Waals surface area (Å²) in [5.41, 5.74) is 3.08. The number of piperazine rings is 1. The van der Waals surface area contributed by atoms with Crippen molar-refractivity contribution in [1.82, 2.24) is 20.2 Å². The Kier molecular flexibility index (Phi) is 9.74. The fraction of sp³-hybridized carbons (Fsp3) is 0.355. The quantitative estimate of drug-likeness (QED) is 0.405. The van der Waals surface area contributed by atoms with Crippen LogP contribution >= 0.6 is 23.2 Å². The molecule has 224 valence electrons. The van der Waals surface area contributed by atoms with Crippen molar-refractivity contribution < 1.29 is 18.7 Å². The van der Waals surface area contributed by atoms with Crippen molar-refractivity contribution in [3.63, 3.8) is 0 Å². The highest BCUT2D eigenvalue weighted by Gasteiger charge is 2.46. The van der Waals surface area contributed by atoms with E-state index in [9.17, 15) is 14.0 Å². The standard InChI is InChI=1S/C29H30Cl2FN5O3.C2H6/c1-17(2)40-29(39)36-18(3)15-25-33-19(4)26(27(37(25)36)20-5-10-23(30)24(31)16-20)28(38)35-13-11-34(12-14-35)22-8-6-21(32)7-9-22;1-2/h5-10,15-17,27,33H,3,11-14H2,1-2,4H3;1-2H3. The molecule has 2 aromatic rings. The molecule has 3 heterocycles. The largest absolute Gasteiger partial charge is 0.445 e. The zero-order valence-corrected chi connectivity index (χ0v) is 26.0. The average molecular weight is 617 g/mol. The average Bonchev–Trinajstić information content (AvgIpc) is 3.29. The first-order valence-electron chi connectivity index (χ1n) is 14.0. The summed E-state index contributed by atoms with van der Waals surface area (Å²) in [6, 6.07) is 10.8. The topological polar surface area (TPSA) is 68.4 Å². The normalized spacial score (nSPS) is 18.4. The number of hydrazine groups is 1. The summed E-state index contributed by atoms with van der Waals surface area (Å²) in [4.78, 5) is 31.3. The number of nitrogens with one attached hydrogen (secondary N) is 1. The molecule has 1 atom stereocenters. The van der Waals surface area contributed by atoms with E-state index < -0.39 is 12.1 Å². The first-order valence-corrected chi connectivity index (χ1v) is 14.7. The molecule has 3 aliphatic rings. The summed E-state index contributed by atoms with van der Waals surface area (Å²) < 4.78 is 18.9. The first-order chi connectivity index (χ1) is 20.0. The number of benzene rings is 2. The van der Waals surface area contributed by atoms with Crippen LogP contribution in [0.25, 0.3) is 0 Å². The summed E-state index contributed by atoms with van der Waals surface area (Å²) >= 11 is 12.7. The van der Waals surface area contributed by atoms with Gasteiger partial charge in [-0.05, 0) is 62.7 Å². The minimum absolute atomic E-state index is 0.173. The number of hydrogen-bond donors (Lipinski definition) is 1. The molecule has 5 rings (SSSR count). The van der Waals surface area contributed by atoms with Crippen LogP contribution in [0.5, 0.6) is 0 Å². The highest BCUT2D eigenvalue weighted by atomic mass is 35.5. The van der Waals surface area contributed by atoms with Crippen molar-refractivity contribution in [1.29, 1.82) is 0 Å². The minimum Gasteiger partial charge on any atom is -0.445 e. The Balaban J connectivity index is 0.00000198. The molecule has 2 amide bonds. The number of amides is 2. The van der Waals surface area contributed by atoms with E-state index in [0.29, 0.717) is 64.6 Å². The number of halogens is 3. The molecule has 8 nitrogen and oxygen atoms in total. The molecular formula is C31H36Cl2FN5O3. The predicted molar refractivity (Wildman–Crippen MR) is 164 cm³/mol. The van der Waals surface area contributed by atoms with E-state index in [2.05, 4.69) is 16.8 Å². The smallest absolute Gasteiger partial charge is 0.433 e. The van der Waals surface area contributed by atoms with Gasteiger partial charge in [0.2, 0.25) is 0 Å². The van der Waals surface area contributed by atoms with Gasteiger partial charge in [0.1, 0.15) is 17.7 Å². The van der Waals surface area contributed by atoms with E-state index in [4.69, 9.17) is 27.9 Å². The third-order valence-electron chi connectivity index (χ3n) is 7.03. The SMILES string of the molecule is C=C1C=C2NC(C)=C(C(=O)N3CCN(c4ccc(F)cc4)CC3)C(c3ccc(Cl)c(Cl)c3)N2N1C(=O)OC(C)C.CC. The van der Waals surface area contributed by atoms with E-state index in [-0.39, 0.29) is 17.8 Å². The fourth-order valence-corrected chi connectivity index (χ4v) is 5.49. The second kappa shape index (κ2) is 13.1. The second-order valence-electron chi connectivity index (χ2n) is 10.1. The number of anilines is 1. The van der Waals surface area contributed by atoms with Crippen molar-refractivity contribution >= 4 is 40.9 Å². The maximum absolute atomic E-state index is 14.2. The molecule has 3 aliphatic heterocycles. The van der Waals surface area contributed by atoms with Gasteiger partial charge in [-0.25, -0.2) is 14.2 Å². The first kappa shape index (κ1) is 31.3. The van der Waals surface area contributed by atoms with Gasteiger partial charge in [-0.3, -0.25) is 4.79 Å². The van der Waals surface area contributed by atoms with Crippen molar-refractivity contribution in [2.75, 3.05) is 31.1 Å². The zero-order chi connectivity index (χ0) is 30.7. The fourth-order valence-electron chi connectivity index (χ4n) is 5.18. The van der Waals surface area contributed by atoms with Gasteiger partial charge in [-0.1, -0.05) is 49.7 Å². The van der Waals surface area contributed by atoms with Gasteiger partial charge in [0.15, 0.2) is 0 Å². The molecule has 11 heteroatoms. The van der Waals surface area contributed by atoms with Crippen LogP contribution in [-0.4, -0.2) is 59.2 Å². The highest BCUT2D eigenvalue weighted by Crippen LogP contribution is 2.44. The van der Waals surface area contributed by atoms with Crippen LogP contribution < -0.4 is 10.2 Å². The second-order valence-corrected chi connectivity index (χ2v) is 10.9. The number of carbonyl (C=O) groups is 2. The van der Waals surface area contributed by atoms with Gasteiger partial charge in [0.05, 0.1) is 27.4 Å². The van der Waals surface area contributed by atoms with Crippen LogP contribution in [-0.2, 0) is 9.53 Å². The molecule has 0 spiro atoms. The Morgan fingerprint density at radius 3 is 2.26 bits per heavy atom. The molecule has 1 N–H and O–H groups in total. The maximum atomic E-state index is 14.2. The highest BCUT2D eigenvalue weighted by molar-refractivity contribution is 6.42. The molecule has 42 heavy (non-hydrogen) atoms. The van der Waals surface area contributed by atoms with Crippen molar-refractivity contribution in [2.24, 2.45) is 0 Å². The summed E-state index contributed by atoms with van der Waals surface area (Å²) in [7, 11) is 0. The Morgan fingerprint density at radius 1 is 1.02 bits per heavy atom. The molecule has 0 saturated carbocycles. The van der Waals surface area contributed by atoms with Gasteiger partial charge in [-0.2, -0.15) is 5.01 Å². The lowest BCUT2D eigenvalue weighted by molar-refractivity contribution is -0.129. The van der Waals surface area contributed by atoms with Crippen LogP contribution in [0.2, 0.25) is 10.0 Å². The van der Waals surface area contributed by atoms with Crippen molar-refractivity contribution in [3.05, 3.63) is 99.3 Å². The summed E-state index contributed by atoms with van der Waals surface area (Å²) in [6.07, 6.45) is 0.761. The third-order valence-corrected chi connectivity index (χ3v) is 7.77. The predicted octanol–water partition coefficient (Wildman–Crippen LogP) is 6.86. The van der Waals surface area contributed by atoms with Gasteiger partial charge in [-0.15, -0.1) is 0 Å². The van der Waals surface area contributed by atoms with E-state index >= 15 is 0 Å². The lowest BCUT2D eigenvalue weighted by Crippen LogP contribution is -2.54. The van der Waals surface area contributed by atoms with Crippen LogP contribution in [0.15, 0.2) is 77.9 Å². The Labute approximate surface area is 256 Å². The van der Waals surface area contributed by atoms with Crippen LogP contribution in [0.3, 0.4) is 0 Å². The number of ether oxygens (including phenoxy) is 1. The molecular weight excluding hydrogens is 580 g/mol. The lowest BCUT2D eigenvalue weighted by atomic mass is 9.93. The molecule has 0 radical (unpaired) electrons. The number of rotatable bonds is 4. The molecule has 1 unspecified atom stereocenters.